The summed E-state index contributed by atoms with van der Waals surface area (Å²) in [5.74, 6) is -0.687. The van der Waals surface area contributed by atoms with E-state index in [0.717, 1.165) is 17.7 Å². The van der Waals surface area contributed by atoms with Crippen molar-refractivity contribution in [3.05, 3.63) is 28.0 Å². The molecule has 0 saturated heterocycles. The molecule has 4 nitrogen and oxygen atoms in total. The Balaban J connectivity index is 2.02. The number of carbonyl (C=O) groups is 1. The zero-order valence-electron chi connectivity index (χ0n) is 10.0. The Morgan fingerprint density at radius 1 is 1.44 bits per heavy atom. The van der Waals surface area contributed by atoms with Crippen molar-refractivity contribution in [1.82, 2.24) is 4.98 Å². The molecule has 0 aliphatic heterocycles. The van der Waals surface area contributed by atoms with E-state index in [4.69, 9.17) is 9.52 Å². The first-order valence-corrected chi connectivity index (χ1v) is 6.79. The Bertz CT molecular complexity index is 588. The Morgan fingerprint density at radius 3 is 2.89 bits per heavy atom. The molecule has 1 aliphatic rings. The summed E-state index contributed by atoms with van der Waals surface area (Å²) in [5, 5.41) is 8.96. The molecular formula is C13H13NO3S. The molecule has 2 heterocycles. The molecule has 0 amide bonds. The van der Waals surface area contributed by atoms with Crippen molar-refractivity contribution >= 4 is 17.3 Å². The molecule has 0 spiro atoms. The number of aryl methyl sites for hydroxylation is 3. The fraction of sp³-hybridized carbons (Fsp3) is 0.385. The summed E-state index contributed by atoms with van der Waals surface area (Å²) in [6, 6.07) is 2.09. The molecule has 1 N–H and O–H groups in total. The van der Waals surface area contributed by atoms with Crippen molar-refractivity contribution in [3.63, 3.8) is 0 Å². The Hall–Kier alpha value is -1.62. The van der Waals surface area contributed by atoms with Crippen molar-refractivity contribution in [2.24, 2.45) is 0 Å². The van der Waals surface area contributed by atoms with E-state index in [2.05, 4.69) is 11.1 Å². The van der Waals surface area contributed by atoms with E-state index in [0.29, 0.717) is 11.6 Å². The van der Waals surface area contributed by atoms with Crippen molar-refractivity contribution < 1.29 is 14.3 Å². The zero-order chi connectivity index (χ0) is 12.7. The molecule has 0 atom stereocenters. The first-order valence-electron chi connectivity index (χ1n) is 5.98. The third kappa shape index (κ3) is 1.84. The fourth-order valence-electron chi connectivity index (χ4n) is 2.30. The molecule has 0 bridgehead atoms. The second-order valence-corrected chi connectivity index (χ2v) is 5.64. The van der Waals surface area contributed by atoms with Crippen LogP contribution in [0.5, 0.6) is 0 Å². The van der Waals surface area contributed by atoms with E-state index < -0.39 is 5.97 Å². The maximum Gasteiger partial charge on any atom is 0.373 e. The van der Waals surface area contributed by atoms with Gasteiger partial charge in [0.1, 0.15) is 0 Å². The van der Waals surface area contributed by atoms with Gasteiger partial charge in [-0.1, -0.05) is 0 Å². The summed E-state index contributed by atoms with van der Waals surface area (Å²) >= 11 is 1.67. The minimum absolute atomic E-state index is 0.0589. The van der Waals surface area contributed by atoms with Crippen LogP contribution in [0.2, 0.25) is 0 Å². The molecule has 0 unspecified atom stereocenters. The monoisotopic (exact) mass is 263 g/mol. The van der Waals surface area contributed by atoms with Crippen LogP contribution < -0.4 is 0 Å². The van der Waals surface area contributed by atoms with Gasteiger partial charge in [-0.25, -0.2) is 9.78 Å². The van der Waals surface area contributed by atoms with E-state index >= 15 is 0 Å². The standard InChI is InChI=1S/C13H13NO3S/c1-7-11(13(15)16)17-12(14-7)10-6-8-4-2-3-5-9(8)18-10/h6H,2-5H2,1H3,(H,15,16). The van der Waals surface area contributed by atoms with Crippen LogP contribution in [0, 0.1) is 6.92 Å². The van der Waals surface area contributed by atoms with E-state index in [1.807, 2.05) is 0 Å². The van der Waals surface area contributed by atoms with Crippen LogP contribution in [0.3, 0.4) is 0 Å². The minimum Gasteiger partial charge on any atom is -0.475 e. The number of carboxylic acid groups (broad SMARTS) is 1. The number of fused-ring (bicyclic) bond motifs is 1. The number of hydrogen-bond donors (Lipinski definition) is 1. The van der Waals surface area contributed by atoms with Gasteiger partial charge < -0.3 is 9.52 Å². The molecular weight excluding hydrogens is 250 g/mol. The quantitative estimate of drug-likeness (QED) is 0.903. The topological polar surface area (TPSA) is 63.3 Å². The number of oxazole rings is 1. The van der Waals surface area contributed by atoms with Crippen LogP contribution in [0.15, 0.2) is 10.5 Å². The van der Waals surface area contributed by atoms with E-state index in [-0.39, 0.29) is 5.76 Å². The molecule has 2 aromatic rings. The SMILES string of the molecule is Cc1nc(-c2cc3c(s2)CCCC3)oc1C(=O)O. The molecule has 5 heteroatoms. The smallest absolute Gasteiger partial charge is 0.373 e. The maximum absolute atomic E-state index is 10.9. The summed E-state index contributed by atoms with van der Waals surface area (Å²) in [4.78, 5) is 17.5. The van der Waals surface area contributed by atoms with Crippen LogP contribution in [0.25, 0.3) is 10.8 Å². The van der Waals surface area contributed by atoms with Gasteiger partial charge in [0.2, 0.25) is 11.7 Å². The van der Waals surface area contributed by atoms with E-state index in [9.17, 15) is 4.79 Å². The highest BCUT2D eigenvalue weighted by Gasteiger charge is 2.20. The summed E-state index contributed by atoms with van der Waals surface area (Å²) < 4.78 is 5.34. The number of aromatic carboxylic acids is 1. The molecule has 18 heavy (non-hydrogen) atoms. The molecule has 0 aromatic carbocycles. The average Bonchev–Trinajstić information content (AvgIpc) is 2.91. The lowest BCUT2D eigenvalue weighted by atomic mass is 9.99. The maximum atomic E-state index is 10.9. The number of nitrogens with zero attached hydrogens (tertiary/aromatic N) is 1. The van der Waals surface area contributed by atoms with Crippen molar-refractivity contribution in [1.29, 1.82) is 0 Å². The first-order chi connectivity index (χ1) is 8.65. The van der Waals surface area contributed by atoms with Gasteiger partial charge in [-0.2, -0.15) is 0 Å². The van der Waals surface area contributed by atoms with Crippen molar-refractivity contribution in [2.45, 2.75) is 32.6 Å². The lowest BCUT2D eigenvalue weighted by Gasteiger charge is -2.08. The summed E-state index contributed by atoms with van der Waals surface area (Å²) in [6.45, 7) is 1.66. The molecule has 0 fully saturated rings. The number of carboxylic acids is 1. The number of rotatable bonds is 2. The summed E-state index contributed by atoms with van der Waals surface area (Å²) in [5.41, 5.74) is 1.80. The zero-order valence-corrected chi connectivity index (χ0v) is 10.8. The highest BCUT2D eigenvalue weighted by Crippen LogP contribution is 2.35. The van der Waals surface area contributed by atoms with Crippen LogP contribution in [0.1, 0.15) is 39.5 Å². The Kier molecular flexibility index (Phi) is 2.70. The second kappa shape index (κ2) is 4.24. The summed E-state index contributed by atoms with van der Waals surface area (Å²) in [6.07, 6.45) is 4.69. The highest BCUT2D eigenvalue weighted by atomic mass is 32.1. The van der Waals surface area contributed by atoms with Gasteiger partial charge in [0, 0.05) is 4.88 Å². The molecule has 1 aliphatic carbocycles. The van der Waals surface area contributed by atoms with Gasteiger partial charge in [-0.05, 0) is 44.2 Å². The third-order valence-electron chi connectivity index (χ3n) is 3.20. The van der Waals surface area contributed by atoms with Crippen LogP contribution in [-0.4, -0.2) is 16.1 Å². The predicted octanol–water partition coefficient (Wildman–Crippen LogP) is 3.29. The normalized spacial score (nSPS) is 14.5. The van der Waals surface area contributed by atoms with Gasteiger partial charge in [-0.3, -0.25) is 0 Å². The molecule has 0 saturated carbocycles. The lowest BCUT2D eigenvalue weighted by molar-refractivity contribution is 0.0662. The van der Waals surface area contributed by atoms with Crippen LogP contribution in [-0.2, 0) is 12.8 Å². The van der Waals surface area contributed by atoms with E-state index in [1.165, 1.54) is 23.3 Å². The Labute approximate surface area is 108 Å². The minimum atomic E-state index is -1.06. The second-order valence-electron chi connectivity index (χ2n) is 4.50. The van der Waals surface area contributed by atoms with Crippen molar-refractivity contribution in [3.8, 4) is 10.8 Å². The van der Waals surface area contributed by atoms with E-state index in [1.54, 1.807) is 18.3 Å². The molecule has 0 radical (unpaired) electrons. The average molecular weight is 263 g/mol. The van der Waals surface area contributed by atoms with Gasteiger partial charge in [-0.15, -0.1) is 11.3 Å². The predicted molar refractivity (Wildman–Crippen MR) is 68.2 cm³/mol. The largest absolute Gasteiger partial charge is 0.475 e. The van der Waals surface area contributed by atoms with Crippen LogP contribution >= 0.6 is 11.3 Å². The molecule has 2 aromatic heterocycles. The molecule has 94 valence electrons. The van der Waals surface area contributed by atoms with Crippen LogP contribution in [0.4, 0.5) is 0 Å². The summed E-state index contributed by atoms with van der Waals surface area (Å²) in [7, 11) is 0. The fourth-order valence-corrected chi connectivity index (χ4v) is 3.48. The number of aromatic nitrogens is 1. The lowest BCUT2D eigenvalue weighted by Crippen LogP contribution is -1.96. The van der Waals surface area contributed by atoms with Crippen molar-refractivity contribution in [2.75, 3.05) is 0 Å². The number of hydrogen-bond acceptors (Lipinski definition) is 4. The van der Waals surface area contributed by atoms with Gasteiger partial charge in [0.05, 0.1) is 10.6 Å². The van der Waals surface area contributed by atoms with Gasteiger partial charge in [0.15, 0.2) is 0 Å². The third-order valence-corrected chi connectivity index (χ3v) is 4.42. The Morgan fingerprint density at radius 2 is 2.22 bits per heavy atom. The van der Waals surface area contributed by atoms with Gasteiger partial charge in [0.25, 0.3) is 0 Å². The number of thiophene rings is 1. The molecule has 3 rings (SSSR count). The highest BCUT2D eigenvalue weighted by molar-refractivity contribution is 7.15. The van der Waals surface area contributed by atoms with Gasteiger partial charge >= 0.3 is 5.97 Å². The first kappa shape index (κ1) is 11.5.